The molecule has 1 fully saturated rings. The van der Waals surface area contributed by atoms with E-state index < -0.39 is 0 Å². The predicted molar refractivity (Wildman–Crippen MR) is 87.9 cm³/mol. The highest BCUT2D eigenvalue weighted by Crippen LogP contribution is 2.30. The molecule has 2 aromatic rings. The van der Waals surface area contributed by atoms with Crippen LogP contribution in [0, 0.1) is 0 Å². The third-order valence-electron chi connectivity index (χ3n) is 4.10. The van der Waals surface area contributed by atoms with Gasteiger partial charge in [0.25, 0.3) is 0 Å². The Labute approximate surface area is 130 Å². The average Bonchev–Trinajstić information content (AvgIpc) is 2.54. The SMILES string of the molecule is CCc1cc2nc(N)nc(N3CCCCC3)c2c(COC)n1. The number of nitrogen functional groups attached to an aromatic ring is 1. The number of piperidine rings is 1. The molecular weight excluding hydrogens is 278 g/mol. The molecule has 6 nitrogen and oxygen atoms in total. The highest BCUT2D eigenvalue weighted by atomic mass is 16.5. The van der Waals surface area contributed by atoms with Crippen LogP contribution in [-0.4, -0.2) is 35.2 Å². The van der Waals surface area contributed by atoms with E-state index in [1.54, 1.807) is 7.11 Å². The maximum atomic E-state index is 5.95. The van der Waals surface area contributed by atoms with Crippen LogP contribution < -0.4 is 10.6 Å². The van der Waals surface area contributed by atoms with Gasteiger partial charge in [-0.15, -0.1) is 0 Å². The predicted octanol–water partition coefficient (Wildman–Crippen LogP) is 2.31. The van der Waals surface area contributed by atoms with E-state index in [0.29, 0.717) is 12.6 Å². The van der Waals surface area contributed by atoms with E-state index in [9.17, 15) is 0 Å². The van der Waals surface area contributed by atoms with Crippen molar-refractivity contribution < 1.29 is 4.74 Å². The summed E-state index contributed by atoms with van der Waals surface area (Å²) in [5, 5.41) is 0.982. The van der Waals surface area contributed by atoms with Crippen molar-refractivity contribution >= 4 is 22.7 Å². The van der Waals surface area contributed by atoms with Crippen LogP contribution in [0.4, 0.5) is 11.8 Å². The lowest BCUT2D eigenvalue weighted by atomic mass is 10.1. The number of hydrogen-bond acceptors (Lipinski definition) is 6. The minimum Gasteiger partial charge on any atom is -0.378 e. The van der Waals surface area contributed by atoms with E-state index >= 15 is 0 Å². The van der Waals surface area contributed by atoms with Crippen molar-refractivity contribution in [3.05, 3.63) is 17.5 Å². The standard InChI is InChI=1S/C16H23N5O/c1-3-11-9-12-14(13(18-11)10-22-2)15(20-16(17)19-12)21-7-5-4-6-8-21/h9H,3-8,10H2,1-2H3,(H2,17,19,20). The summed E-state index contributed by atoms with van der Waals surface area (Å²) in [7, 11) is 1.69. The molecule has 0 aliphatic carbocycles. The van der Waals surface area contributed by atoms with Crippen LogP contribution in [0.25, 0.3) is 10.9 Å². The quantitative estimate of drug-likeness (QED) is 0.933. The average molecular weight is 301 g/mol. The second-order valence-electron chi connectivity index (χ2n) is 5.69. The number of aromatic nitrogens is 3. The van der Waals surface area contributed by atoms with Gasteiger partial charge in [-0.2, -0.15) is 4.98 Å². The summed E-state index contributed by atoms with van der Waals surface area (Å²) in [6, 6.07) is 2.01. The largest absolute Gasteiger partial charge is 0.378 e. The number of aryl methyl sites for hydroxylation is 1. The number of pyridine rings is 1. The third kappa shape index (κ3) is 2.83. The van der Waals surface area contributed by atoms with Gasteiger partial charge in [0.15, 0.2) is 0 Å². The molecule has 0 spiro atoms. The number of fused-ring (bicyclic) bond motifs is 1. The Morgan fingerprint density at radius 3 is 2.64 bits per heavy atom. The van der Waals surface area contributed by atoms with Crippen molar-refractivity contribution in [2.75, 3.05) is 30.8 Å². The number of anilines is 2. The second-order valence-corrected chi connectivity index (χ2v) is 5.69. The molecule has 1 aliphatic rings. The Kier molecular flexibility index (Phi) is 4.38. The molecule has 3 rings (SSSR count). The van der Waals surface area contributed by atoms with Crippen molar-refractivity contribution in [2.45, 2.75) is 39.2 Å². The Balaban J connectivity index is 2.20. The lowest BCUT2D eigenvalue weighted by molar-refractivity contribution is 0.182. The maximum absolute atomic E-state index is 5.95. The first-order valence-corrected chi connectivity index (χ1v) is 7.92. The summed E-state index contributed by atoms with van der Waals surface area (Å²) in [4.78, 5) is 16.0. The molecule has 118 valence electrons. The summed E-state index contributed by atoms with van der Waals surface area (Å²) < 4.78 is 5.34. The van der Waals surface area contributed by atoms with E-state index in [1.165, 1.54) is 19.3 Å². The van der Waals surface area contributed by atoms with Gasteiger partial charge in [-0.3, -0.25) is 4.98 Å². The second kappa shape index (κ2) is 6.44. The summed E-state index contributed by atoms with van der Waals surface area (Å²) in [6.07, 6.45) is 4.50. The molecule has 0 atom stereocenters. The lowest BCUT2D eigenvalue weighted by Crippen LogP contribution is -2.31. The van der Waals surface area contributed by atoms with E-state index in [-0.39, 0.29) is 0 Å². The highest BCUT2D eigenvalue weighted by Gasteiger charge is 2.20. The van der Waals surface area contributed by atoms with Gasteiger partial charge in [0, 0.05) is 25.9 Å². The molecule has 0 aromatic carbocycles. The van der Waals surface area contributed by atoms with Crippen LogP contribution in [0.5, 0.6) is 0 Å². The van der Waals surface area contributed by atoms with Gasteiger partial charge in [0.2, 0.25) is 5.95 Å². The van der Waals surface area contributed by atoms with E-state index in [4.69, 9.17) is 15.5 Å². The summed E-state index contributed by atoms with van der Waals surface area (Å²) in [6.45, 7) is 4.56. The Morgan fingerprint density at radius 2 is 1.95 bits per heavy atom. The number of ether oxygens (including phenoxy) is 1. The van der Waals surface area contributed by atoms with Crippen molar-refractivity contribution in [3.8, 4) is 0 Å². The topological polar surface area (TPSA) is 77.2 Å². The maximum Gasteiger partial charge on any atom is 0.222 e. The number of nitrogens with two attached hydrogens (primary N) is 1. The van der Waals surface area contributed by atoms with E-state index in [1.807, 2.05) is 6.07 Å². The molecule has 2 aromatic heterocycles. The van der Waals surface area contributed by atoms with E-state index in [0.717, 1.165) is 47.6 Å². The van der Waals surface area contributed by atoms with Gasteiger partial charge in [-0.25, -0.2) is 4.98 Å². The first-order chi connectivity index (χ1) is 10.7. The molecule has 22 heavy (non-hydrogen) atoms. The molecule has 0 bridgehead atoms. The Bertz CT molecular complexity index is 667. The number of rotatable bonds is 4. The van der Waals surface area contributed by atoms with Gasteiger partial charge in [-0.05, 0) is 31.7 Å². The smallest absolute Gasteiger partial charge is 0.222 e. The molecule has 1 saturated heterocycles. The van der Waals surface area contributed by atoms with Crippen molar-refractivity contribution in [2.24, 2.45) is 0 Å². The number of methoxy groups -OCH3 is 1. The molecule has 6 heteroatoms. The first-order valence-electron chi connectivity index (χ1n) is 7.92. The zero-order valence-electron chi connectivity index (χ0n) is 13.3. The molecule has 0 amide bonds. The fourth-order valence-electron chi connectivity index (χ4n) is 3.04. The van der Waals surface area contributed by atoms with Crippen molar-refractivity contribution in [1.82, 2.24) is 15.0 Å². The summed E-state index contributed by atoms with van der Waals surface area (Å²) in [5.74, 6) is 1.23. The van der Waals surface area contributed by atoms with Crippen LogP contribution in [0.1, 0.15) is 37.6 Å². The van der Waals surface area contributed by atoms with Gasteiger partial charge >= 0.3 is 0 Å². The summed E-state index contributed by atoms with van der Waals surface area (Å²) >= 11 is 0. The van der Waals surface area contributed by atoms with Crippen LogP contribution in [0.3, 0.4) is 0 Å². The Morgan fingerprint density at radius 1 is 1.18 bits per heavy atom. The minimum absolute atomic E-state index is 0.324. The highest BCUT2D eigenvalue weighted by molar-refractivity contribution is 5.92. The van der Waals surface area contributed by atoms with Gasteiger partial charge < -0.3 is 15.4 Å². The number of nitrogens with zero attached hydrogens (tertiary/aromatic N) is 4. The van der Waals surface area contributed by atoms with Crippen LogP contribution in [-0.2, 0) is 17.8 Å². The zero-order valence-corrected chi connectivity index (χ0v) is 13.3. The monoisotopic (exact) mass is 301 g/mol. The summed E-state index contributed by atoms with van der Waals surface area (Å²) in [5.41, 5.74) is 8.72. The fraction of sp³-hybridized carbons (Fsp3) is 0.562. The van der Waals surface area contributed by atoms with E-state index in [2.05, 4.69) is 21.8 Å². The van der Waals surface area contributed by atoms with Crippen LogP contribution in [0.15, 0.2) is 6.07 Å². The lowest BCUT2D eigenvalue weighted by Gasteiger charge is -2.29. The van der Waals surface area contributed by atoms with Gasteiger partial charge in [0.1, 0.15) is 5.82 Å². The minimum atomic E-state index is 0.324. The van der Waals surface area contributed by atoms with Crippen LogP contribution >= 0.6 is 0 Å². The van der Waals surface area contributed by atoms with Crippen molar-refractivity contribution in [3.63, 3.8) is 0 Å². The third-order valence-corrected chi connectivity index (χ3v) is 4.10. The molecule has 0 radical (unpaired) electrons. The Hall–Kier alpha value is -1.95. The van der Waals surface area contributed by atoms with Gasteiger partial charge in [0.05, 0.1) is 23.2 Å². The molecule has 3 heterocycles. The molecule has 0 unspecified atom stereocenters. The molecule has 0 saturated carbocycles. The first kappa shape index (κ1) is 15.0. The number of hydrogen-bond donors (Lipinski definition) is 1. The van der Waals surface area contributed by atoms with Crippen molar-refractivity contribution in [1.29, 1.82) is 0 Å². The van der Waals surface area contributed by atoms with Gasteiger partial charge in [-0.1, -0.05) is 6.92 Å². The normalized spacial score (nSPS) is 15.5. The van der Waals surface area contributed by atoms with Crippen LogP contribution in [0.2, 0.25) is 0 Å². The molecule has 2 N–H and O–H groups in total. The molecular formula is C16H23N5O. The zero-order chi connectivity index (χ0) is 15.5. The fourth-order valence-corrected chi connectivity index (χ4v) is 3.04. The molecule has 1 aliphatic heterocycles.